The van der Waals surface area contributed by atoms with Crippen molar-refractivity contribution in [1.82, 2.24) is 10.3 Å². The van der Waals surface area contributed by atoms with Gasteiger partial charge in [-0.05, 0) is 43.8 Å². The van der Waals surface area contributed by atoms with E-state index in [1.165, 1.54) is 23.5 Å². The van der Waals surface area contributed by atoms with Gasteiger partial charge in [-0.25, -0.2) is 4.98 Å². The molecule has 0 radical (unpaired) electrons. The number of nitrogens with one attached hydrogen (secondary N) is 1. The van der Waals surface area contributed by atoms with E-state index in [0.717, 1.165) is 18.9 Å². The van der Waals surface area contributed by atoms with Crippen molar-refractivity contribution in [2.75, 3.05) is 36.5 Å². The van der Waals surface area contributed by atoms with Gasteiger partial charge in [-0.2, -0.15) is 11.8 Å². The first kappa shape index (κ1) is 12.7. The molecule has 0 amide bonds. The molecule has 1 aliphatic heterocycles. The lowest BCUT2D eigenvalue weighted by Crippen LogP contribution is -2.26. The Morgan fingerprint density at radius 1 is 1.41 bits per heavy atom. The Hall–Kier alpha value is -0.740. The van der Waals surface area contributed by atoms with Crippen LogP contribution in [0.15, 0.2) is 18.3 Å². The van der Waals surface area contributed by atoms with Gasteiger partial charge in [0.2, 0.25) is 0 Å². The fourth-order valence-corrected chi connectivity index (χ4v) is 2.91. The van der Waals surface area contributed by atoms with E-state index in [4.69, 9.17) is 0 Å². The second-order valence-electron chi connectivity index (χ2n) is 4.41. The number of rotatable bonds is 3. The summed E-state index contributed by atoms with van der Waals surface area (Å²) in [6, 6.07) is 4.70. The highest BCUT2D eigenvalue weighted by atomic mass is 32.2. The van der Waals surface area contributed by atoms with Crippen LogP contribution in [0.1, 0.15) is 24.9 Å². The fraction of sp³-hybridized carbons (Fsp3) is 0.615. The fourth-order valence-electron chi connectivity index (χ4n) is 2.02. The van der Waals surface area contributed by atoms with E-state index >= 15 is 0 Å². The molecule has 94 valence electrons. The first-order chi connectivity index (χ1) is 8.31. The van der Waals surface area contributed by atoms with Crippen molar-refractivity contribution in [3.05, 3.63) is 23.9 Å². The van der Waals surface area contributed by atoms with Crippen LogP contribution in [0, 0.1) is 0 Å². The third-order valence-electron chi connectivity index (χ3n) is 3.25. The molecule has 1 saturated heterocycles. The molecule has 1 fully saturated rings. The SMILES string of the molecule is CNC(C)c1ccnc(N2CCCSCC2)c1. The average molecular weight is 251 g/mol. The second-order valence-corrected chi connectivity index (χ2v) is 5.64. The van der Waals surface area contributed by atoms with Crippen LogP contribution in [0.25, 0.3) is 0 Å². The van der Waals surface area contributed by atoms with Gasteiger partial charge in [-0.1, -0.05) is 0 Å². The minimum absolute atomic E-state index is 0.387. The maximum absolute atomic E-state index is 4.51. The van der Waals surface area contributed by atoms with E-state index in [1.54, 1.807) is 0 Å². The molecule has 1 aromatic heterocycles. The van der Waals surface area contributed by atoms with Gasteiger partial charge in [-0.3, -0.25) is 0 Å². The molecule has 1 aliphatic rings. The summed E-state index contributed by atoms with van der Waals surface area (Å²) in [7, 11) is 1.99. The molecule has 1 unspecified atom stereocenters. The lowest BCUT2D eigenvalue weighted by atomic mass is 10.1. The Morgan fingerprint density at radius 3 is 3.12 bits per heavy atom. The number of aromatic nitrogens is 1. The number of anilines is 1. The third-order valence-corrected chi connectivity index (χ3v) is 4.30. The van der Waals surface area contributed by atoms with Gasteiger partial charge in [0.1, 0.15) is 5.82 Å². The molecule has 1 atom stereocenters. The van der Waals surface area contributed by atoms with Crippen molar-refractivity contribution in [1.29, 1.82) is 0 Å². The van der Waals surface area contributed by atoms with Crippen LogP contribution in [0.5, 0.6) is 0 Å². The van der Waals surface area contributed by atoms with Crippen molar-refractivity contribution in [3.8, 4) is 0 Å². The zero-order valence-corrected chi connectivity index (χ0v) is 11.5. The molecule has 3 nitrogen and oxygen atoms in total. The molecule has 0 saturated carbocycles. The summed E-state index contributed by atoms with van der Waals surface area (Å²) >= 11 is 2.05. The predicted molar refractivity (Wildman–Crippen MR) is 75.9 cm³/mol. The number of hydrogen-bond donors (Lipinski definition) is 1. The zero-order valence-electron chi connectivity index (χ0n) is 10.6. The molecular formula is C13H21N3S. The number of pyridine rings is 1. The van der Waals surface area contributed by atoms with E-state index in [9.17, 15) is 0 Å². The minimum Gasteiger partial charge on any atom is -0.356 e. The monoisotopic (exact) mass is 251 g/mol. The molecule has 1 N–H and O–H groups in total. The van der Waals surface area contributed by atoms with Crippen LogP contribution in [0.4, 0.5) is 5.82 Å². The first-order valence-corrected chi connectivity index (χ1v) is 7.42. The van der Waals surface area contributed by atoms with Crippen LogP contribution in [-0.4, -0.2) is 36.6 Å². The van der Waals surface area contributed by atoms with Gasteiger partial charge in [0.15, 0.2) is 0 Å². The van der Waals surface area contributed by atoms with Crippen molar-refractivity contribution in [2.45, 2.75) is 19.4 Å². The molecule has 4 heteroatoms. The minimum atomic E-state index is 0.387. The van der Waals surface area contributed by atoms with Crippen LogP contribution in [0.3, 0.4) is 0 Å². The van der Waals surface area contributed by atoms with Gasteiger partial charge in [0.05, 0.1) is 0 Å². The number of hydrogen-bond acceptors (Lipinski definition) is 4. The topological polar surface area (TPSA) is 28.2 Å². The maximum atomic E-state index is 4.51. The summed E-state index contributed by atoms with van der Waals surface area (Å²) in [6.07, 6.45) is 3.19. The largest absolute Gasteiger partial charge is 0.356 e. The molecule has 2 rings (SSSR count). The Labute approximate surface area is 108 Å². The number of nitrogens with zero attached hydrogens (tertiary/aromatic N) is 2. The van der Waals surface area contributed by atoms with Gasteiger partial charge < -0.3 is 10.2 Å². The normalized spacial score (nSPS) is 18.8. The van der Waals surface area contributed by atoms with Gasteiger partial charge in [0.25, 0.3) is 0 Å². The highest BCUT2D eigenvalue weighted by Gasteiger charge is 2.12. The Morgan fingerprint density at radius 2 is 2.29 bits per heavy atom. The van der Waals surface area contributed by atoms with Gasteiger partial charge in [-0.15, -0.1) is 0 Å². The summed E-state index contributed by atoms with van der Waals surface area (Å²) in [5.74, 6) is 3.63. The lowest BCUT2D eigenvalue weighted by molar-refractivity contribution is 0.650. The standard InChI is InChI=1S/C13H21N3S/c1-11(14-2)12-4-5-15-13(10-12)16-6-3-8-17-9-7-16/h4-5,10-11,14H,3,6-9H2,1-2H3. The van der Waals surface area contributed by atoms with Crippen molar-refractivity contribution >= 4 is 17.6 Å². The van der Waals surface area contributed by atoms with E-state index < -0.39 is 0 Å². The van der Waals surface area contributed by atoms with Crippen molar-refractivity contribution < 1.29 is 0 Å². The quantitative estimate of drug-likeness (QED) is 0.892. The van der Waals surface area contributed by atoms with Crippen LogP contribution < -0.4 is 10.2 Å². The summed E-state index contributed by atoms with van der Waals surface area (Å²) in [4.78, 5) is 6.92. The average Bonchev–Trinajstić information content (AvgIpc) is 2.67. The lowest BCUT2D eigenvalue weighted by Gasteiger charge is -2.22. The van der Waals surface area contributed by atoms with Gasteiger partial charge in [0, 0.05) is 31.1 Å². The molecular weight excluding hydrogens is 230 g/mol. The molecule has 0 spiro atoms. The van der Waals surface area contributed by atoms with Crippen LogP contribution in [-0.2, 0) is 0 Å². The molecule has 1 aromatic rings. The summed E-state index contributed by atoms with van der Waals surface area (Å²) in [5, 5.41) is 3.27. The molecule has 0 aromatic carbocycles. The molecule has 0 bridgehead atoms. The van der Waals surface area contributed by atoms with Crippen molar-refractivity contribution in [3.63, 3.8) is 0 Å². The molecule has 0 aliphatic carbocycles. The summed E-state index contributed by atoms with van der Waals surface area (Å²) < 4.78 is 0. The predicted octanol–water partition coefficient (Wildman–Crippen LogP) is 2.31. The Bertz CT molecular complexity index is 348. The summed E-state index contributed by atoms with van der Waals surface area (Å²) in [6.45, 7) is 4.43. The smallest absolute Gasteiger partial charge is 0.128 e. The number of thioether (sulfide) groups is 1. The van der Waals surface area contributed by atoms with Gasteiger partial charge >= 0.3 is 0 Å². The molecule has 17 heavy (non-hydrogen) atoms. The Balaban J connectivity index is 2.13. The van der Waals surface area contributed by atoms with E-state index in [-0.39, 0.29) is 0 Å². The maximum Gasteiger partial charge on any atom is 0.128 e. The van der Waals surface area contributed by atoms with Crippen LogP contribution >= 0.6 is 11.8 Å². The van der Waals surface area contributed by atoms with E-state index in [0.29, 0.717) is 6.04 Å². The summed E-state index contributed by atoms with van der Waals surface area (Å²) in [5.41, 5.74) is 1.31. The van der Waals surface area contributed by atoms with Crippen molar-refractivity contribution in [2.24, 2.45) is 0 Å². The third kappa shape index (κ3) is 3.36. The highest BCUT2D eigenvalue weighted by Crippen LogP contribution is 2.20. The highest BCUT2D eigenvalue weighted by molar-refractivity contribution is 7.99. The zero-order chi connectivity index (χ0) is 12.1. The second kappa shape index (κ2) is 6.26. The van der Waals surface area contributed by atoms with E-state index in [2.05, 4.69) is 34.3 Å². The van der Waals surface area contributed by atoms with Crippen LogP contribution in [0.2, 0.25) is 0 Å². The van der Waals surface area contributed by atoms with E-state index in [1.807, 2.05) is 25.0 Å². The molecule has 2 heterocycles. The Kier molecular flexibility index (Phi) is 4.68. The first-order valence-electron chi connectivity index (χ1n) is 6.27.